The van der Waals surface area contributed by atoms with Gasteiger partial charge in [0.05, 0.1) is 11.5 Å². The number of hydrogen-bond donors (Lipinski definition) is 2. The Morgan fingerprint density at radius 2 is 1.95 bits per heavy atom. The van der Waals surface area contributed by atoms with E-state index in [2.05, 4.69) is 5.48 Å². The van der Waals surface area contributed by atoms with Crippen molar-refractivity contribution < 1.29 is 14.6 Å². The largest absolute Gasteiger partial charge is 0.393 e. The van der Waals surface area contributed by atoms with Gasteiger partial charge in [-0.3, -0.25) is 19.7 Å². The molecule has 0 aliphatic rings. The zero-order valence-corrected chi connectivity index (χ0v) is 11.0. The molecule has 1 amide bonds. The number of carbonyl (C=O) groups is 1. The van der Waals surface area contributed by atoms with Gasteiger partial charge in [0.2, 0.25) is 0 Å². The summed E-state index contributed by atoms with van der Waals surface area (Å²) < 4.78 is 0. The molecule has 3 N–H and O–H groups in total. The molecule has 0 spiro atoms. The Hall–Kier alpha value is -2.93. The number of nitrogens with two attached hydrogens (primary N) is 1. The molecule has 7 nitrogen and oxygen atoms in total. The van der Waals surface area contributed by atoms with Crippen molar-refractivity contribution in [2.45, 2.75) is 6.61 Å². The number of nitrogen functional groups attached to an aromatic ring is 1. The van der Waals surface area contributed by atoms with Crippen LogP contribution >= 0.6 is 0 Å². The van der Waals surface area contributed by atoms with Gasteiger partial charge in [-0.2, -0.15) is 0 Å². The van der Waals surface area contributed by atoms with E-state index in [1.807, 2.05) is 30.3 Å². The SMILES string of the molecule is Nc1ccc(C(=O)NOCc2ccccc2)cc1[N+](=O)[O-]. The topological polar surface area (TPSA) is 107 Å². The van der Waals surface area contributed by atoms with Crippen LogP contribution in [0.25, 0.3) is 0 Å². The Balaban J connectivity index is 1.97. The number of hydroxylamine groups is 1. The van der Waals surface area contributed by atoms with Crippen LogP contribution in [0.4, 0.5) is 11.4 Å². The summed E-state index contributed by atoms with van der Waals surface area (Å²) in [6, 6.07) is 13.1. The number of nitro groups is 1. The maximum atomic E-state index is 11.8. The lowest BCUT2D eigenvalue weighted by Gasteiger charge is -2.06. The molecule has 0 aliphatic heterocycles. The number of nitrogens with one attached hydrogen (secondary N) is 1. The summed E-state index contributed by atoms with van der Waals surface area (Å²) in [7, 11) is 0. The predicted molar refractivity (Wildman–Crippen MR) is 76.2 cm³/mol. The predicted octanol–water partition coefficient (Wildman–Crippen LogP) is 2.04. The van der Waals surface area contributed by atoms with E-state index in [1.165, 1.54) is 12.1 Å². The molecule has 0 radical (unpaired) electrons. The summed E-state index contributed by atoms with van der Waals surface area (Å²) in [6.07, 6.45) is 0. The Labute approximate surface area is 120 Å². The van der Waals surface area contributed by atoms with E-state index in [9.17, 15) is 14.9 Å². The molecule has 0 unspecified atom stereocenters. The van der Waals surface area contributed by atoms with Crippen molar-refractivity contribution >= 4 is 17.3 Å². The van der Waals surface area contributed by atoms with E-state index in [0.717, 1.165) is 11.6 Å². The maximum absolute atomic E-state index is 11.8. The molecule has 2 rings (SSSR count). The molecular weight excluding hydrogens is 274 g/mol. The second-order valence-corrected chi connectivity index (χ2v) is 4.24. The zero-order valence-electron chi connectivity index (χ0n) is 11.0. The van der Waals surface area contributed by atoms with Gasteiger partial charge in [-0.25, -0.2) is 5.48 Å². The number of carbonyl (C=O) groups excluding carboxylic acids is 1. The van der Waals surface area contributed by atoms with Gasteiger partial charge in [0.1, 0.15) is 5.69 Å². The van der Waals surface area contributed by atoms with Crippen LogP contribution in [0.2, 0.25) is 0 Å². The Kier molecular flexibility index (Phi) is 4.47. The Bertz CT molecular complexity index is 659. The first-order valence-electron chi connectivity index (χ1n) is 6.08. The highest BCUT2D eigenvalue weighted by Gasteiger charge is 2.15. The monoisotopic (exact) mass is 287 g/mol. The summed E-state index contributed by atoms with van der Waals surface area (Å²) in [5.41, 5.74) is 8.37. The lowest BCUT2D eigenvalue weighted by atomic mass is 10.1. The van der Waals surface area contributed by atoms with Gasteiger partial charge < -0.3 is 5.73 Å². The molecule has 2 aromatic carbocycles. The Morgan fingerprint density at radius 1 is 1.24 bits per heavy atom. The fourth-order valence-electron chi connectivity index (χ4n) is 1.66. The molecule has 21 heavy (non-hydrogen) atoms. The van der Waals surface area contributed by atoms with Crippen molar-refractivity contribution in [2.75, 3.05) is 5.73 Å². The minimum absolute atomic E-state index is 0.00162. The smallest absolute Gasteiger partial charge is 0.292 e. The second-order valence-electron chi connectivity index (χ2n) is 4.24. The van der Waals surface area contributed by atoms with Gasteiger partial charge >= 0.3 is 0 Å². The highest BCUT2D eigenvalue weighted by atomic mass is 16.7. The number of nitrogens with zero attached hydrogens (tertiary/aromatic N) is 1. The fourth-order valence-corrected chi connectivity index (χ4v) is 1.66. The third-order valence-corrected chi connectivity index (χ3v) is 2.74. The zero-order chi connectivity index (χ0) is 15.2. The van der Waals surface area contributed by atoms with Crippen LogP contribution in [0.1, 0.15) is 15.9 Å². The van der Waals surface area contributed by atoms with Crippen molar-refractivity contribution in [1.29, 1.82) is 0 Å². The van der Waals surface area contributed by atoms with Gasteiger partial charge in [-0.1, -0.05) is 30.3 Å². The van der Waals surface area contributed by atoms with Crippen LogP contribution in [0.5, 0.6) is 0 Å². The first kappa shape index (κ1) is 14.5. The molecule has 0 aromatic heterocycles. The van der Waals surface area contributed by atoms with Crippen molar-refractivity contribution in [3.8, 4) is 0 Å². The van der Waals surface area contributed by atoms with Gasteiger partial charge in [0, 0.05) is 11.6 Å². The van der Waals surface area contributed by atoms with E-state index in [-0.39, 0.29) is 23.5 Å². The summed E-state index contributed by atoms with van der Waals surface area (Å²) >= 11 is 0. The number of hydrogen-bond acceptors (Lipinski definition) is 5. The quantitative estimate of drug-likeness (QED) is 0.497. The number of amides is 1. The average molecular weight is 287 g/mol. The average Bonchev–Trinajstić information content (AvgIpc) is 2.48. The molecule has 0 fully saturated rings. The van der Waals surface area contributed by atoms with E-state index in [1.54, 1.807) is 0 Å². The van der Waals surface area contributed by atoms with Crippen LogP contribution in [0.3, 0.4) is 0 Å². The van der Waals surface area contributed by atoms with Gasteiger partial charge in [-0.05, 0) is 17.7 Å². The molecule has 108 valence electrons. The summed E-state index contributed by atoms with van der Waals surface area (Å²) in [6.45, 7) is 0.198. The van der Waals surface area contributed by atoms with Crippen molar-refractivity contribution in [1.82, 2.24) is 5.48 Å². The molecule has 0 saturated carbocycles. The van der Waals surface area contributed by atoms with Gasteiger partial charge in [0.25, 0.3) is 11.6 Å². The van der Waals surface area contributed by atoms with E-state index < -0.39 is 10.8 Å². The first-order valence-corrected chi connectivity index (χ1v) is 6.08. The number of benzene rings is 2. The van der Waals surface area contributed by atoms with E-state index in [4.69, 9.17) is 10.6 Å². The summed E-state index contributed by atoms with van der Waals surface area (Å²) in [4.78, 5) is 27.0. The molecule has 0 heterocycles. The molecule has 0 aliphatic carbocycles. The van der Waals surface area contributed by atoms with Crippen LogP contribution < -0.4 is 11.2 Å². The highest BCUT2D eigenvalue weighted by molar-refractivity contribution is 5.94. The maximum Gasteiger partial charge on any atom is 0.292 e. The lowest BCUT2D eigenvalue weighted by molar-refractivity contribution is -0.383. The standard InChI is InChI=1S/C14H13N3O4/c15-12-7-6-11(8-13(12)17(19)20)14(18)16-21-9-10-4-2-1-3-5-10/h1-8H,9,15H2,(H,16,18). The number of anilines is 1. The number of rotatable bonds is 5. The minimum atomic E-state index is -0.642. The number of nitro benzene ring substituents is 1. The van der Waals surface area contributed by atoms with E-state index >= 15 is 0 Å². The molecule has 0 saturated heterocycles. The van der Waals surface area contributed by atoms with E-state index in [0.29, 0.717) is 0 Å². The summed E-state index contributed by atoms with van der Waals surface area (Å²) in [5.74, 6) is -0.575. The van der Waals surface area contributed by atoms with Crippen LogP contribution in [-0.2, 0) is 11.4 Å². The third-order valence-electron chi connectivity index (χ3n) is 2.74. The van der Waals surface area contributed by atoms with Crippen LogP contribution in [0, 0.1) is 10.1 Å². The third kappa shape index (κ3) is 3.77. The van der Waals surface area contributed by atoms with Crippen LogP contribution in [0.15, 0.2) is 48.5 Å². The van der Waals surface area contributed by atoms with Crippen molar-refractivity contribution in [3.63, 3.8) is 0 Å². The van der Waals surface area contributed by atoms with Crippen LogP contribution in [-0.4, -0.2) is 10.8 Å². The van der Waals surface area contributed by atoms with Gasteiger partial charge in [0.15, 0.2) is 0 Å². The minimum Gasteiger partial charge on any atom is -0.393 e. The molecule has 7 heteroatoms. The second kappa shape index (κ2) is 6.49. The summed E-state index contributed by atoms with van der Waals surface area (Å²) in [5, 5.41) is 10.8. The molecule has 0 atom stereocenters. The highest BCUT2D eigenvalue weighted by Crippen LogP contribution is 2.22. The molecular formula is C14H13N3O4. The molecule has 2 aromatic rings. The van der Waals surface area contributed by atoms with Gasteiger partial charge in [-0.15, -0.1) is 0 Å². The fraction of sp³-hybridized carbons (Fsp3) is 0.0714. The first-order chi connectivity index (χ1) is 10.1. The normalized spacial score (nSPS) is 10.1. The van der Waals surface area contributed by atoms with Crippen molar-refractivity contribution in [3.05, 3.63) is 69.8 Å². The Morgan fingerprint density at radius 3 is 2.62 bits per heavy atom. The lowest BCUT2D eigenvalue weighted by Crippen LogP contribution is -2.23. The molecule has 0 bridgehead atoms. The van der Waals surface area contributed by atoms with Crippen molar-refractivity contribution in [2.24, 2.45) is 0 Å².